The van der Waals surface area contributed by atoms with Gasteiger partial charge in [0.15, 0.2) is 0 Å². The molecule has 3 nitrogen and oxygen atoms in total. The van der Waals surface area contributed by atoms with Crippen molar-refractivity contribution in [3.8, 4) is 0 Å². The molecule has 0 aromatic heterocycles. The lowest BCUT2D eigenvalue weighted by Crippen LogP contribution is -2.23. The molecule has 0 aliphatic rings. The predicted octanol–water partition coefficient (Wildman–Crippen LogP) is 4.58. The number of nitrogens with one attached hydrogen (secondary N) is 1. The maximum atomic E-state index is 11.5. The molecule has 0 saturated carbocycles. The fraction of sp³-hybridized carbons (Fsp3) is 0.944. The zero-order valence-corrected chi connectivity index (χ0v) is 14.2. The Hall–Kier alpha value is -0.570. The van der Waals surface area contributed by atoms with Gasteiger partial charge in [-0.15, -0.1) is 0 Å². The van der Waals surface area contributed by atoms with Crippen molar-refractivity contribution in [3.05, 3.63) is 0 Å². The maximum absolute atomic E-state index is 11.5. The molecule has 0 aromatic rings. The second-order valence-electron chi connectivity index (χ2n) is 6.07. The number of carbonyl (C=O) groups excluding carboxylic acids is 1. The van der Waals surface area contributed by atoms with E-state index in [4.69, 9.17) is 5.11 Å². The Morgan fingerprint density at radius 1 is 0.762 bits per heavy atom. The second kappa shape index (κ2) is 17.5. The normalized spacial score (nSPS) is 10.8. The zero-order chi connectivity index (χ0) is 15.6. The lowest BCUT2D eigenvalue weighted by molar-refractivity contribution is -0.121. The van der Waals surface area contributed by atoms with Crippen LogP contribution in [0, 0.1) is 0 Å². The van der Waals surface area contributed by atoms with Crippen molar-refractivity contribution in [1.29, 1.82) is 0 Å². The first kappa shape index (κ1) is 20.4. The number of rotatable bonds is 16. The largest absolute Gasteiger partial charge is 0.396 e. The highest BCUT2D eigenvalue weighted by Gasteiger charge is 2.00. The first-order chi connectivity index (χ1) is 10.3. The van der Waals surface area contributed by atoms with Gasteiger partial charge in [0.05, 0.1) is 0 Å². The van der Waals surface area contributed by atoms with Crippen molar-refractivity contribution < 1.29 is 9.90 Å². The fourth-order valence-electron chi connectivity index (χ4n) is 2.50. The van der Waals surface area contributed by atoms with E-state index in [0.29, 0.717) is 6.42 Å². The average Bonchev–Trinajstić information content (AvgIpc) is 2.49. The number of amides is 1. The van der Waals surface area contributed by atoms with Crippen LogP contribution in [0.15, 0.2) is 0 Å². The van der Waals surface area contributed by atoms with Gasteiger partial charge in [0, 0.05) is 19.6 Å². The van der Waals surface area contributed by atoms with Crippen LogP contribution in [0.4, 0.5) is 0 Å². The molecule has 0 aromatic carbocycles. The van der Waals surface area contributed by atoms with Gasteiger partial charge < -0.3 is 10.4 Å². The molecule has 0 spiro atoms. The summed E-state index contributed by atoms with van der Waals surface area (Å²) in [6, 6.07) is 0. The van der Waals surface area contributed by atoms with E-state index in [-0.39, 0.29) is 12.5 Å². The molecule has 0 atom stereocenters. The highest BCUT2D eigenvalue weighted by Crippen LogP contribution is 2.10. The molecule has 0 heterocycles. The van der Waals surface area contributed by atoms with Crippen LogP contribution in [-0.2, 0) is 4.79 Å². The molecule has 126 valence electrons. The van der Waals surface area contributed by atoms with Gasteiger partial charge in [-0.3, -0.25) is 4.79 Å². The third-order valence-corrected chi connectivity index (χ3v) is 3.91. The van der Waals surface area contributed by atoms with Crippen LogP contribution in [0.2, 0.25) is 0 Å². The molecule has 0 fully saturated rings. The standard InChI is InChI=1S/C18H37NO2/c1-2-3-4-5-6-7-8-9-10-13-16-19-18(21)15-12-11-14-17-20/h20H,2-17H2,1H3,(H,19,21). The van der Waals surface area contributed by atoms with Crippen molar-refractivity contribution in [2.24, 2.45) is 0 Å². The van der Waals surface area contributed by atoms with Crippen LogP contribution >= 0.6 is 0 Å². The Kier molecular flexibility index (Phi) is 17.0. The molecule has 0 rings (SSSR count). The van der Waals surface area contributed by atoms with Crippen LogP contribution in [0.25, 0.3) is 0 Å². The number of unbranched alkanes of at least 4 members (excludes halogenated alkanes) is 11. The van der Waals surface area contributed by atoms with Gasteiger partial charge >= 0.3 is 0 Å². The second-order valence-corrected chi connectivity index (χ2v) is 6.07. The topological polar surface area (TPSA) is 49.3 Å². The minimum absolute atomic E-state index is 0.170. The van der Waals surface area contributed by atoms with E-state index in [1.807, 2.05) is 0 Å². The van der Waals surface area contributed by atoms with E-state index in [1.165, 1.54) is 57.8 Å². The number of hydrogen-bond acceptors (Lipinski definition) is 2. The van der Waals surface area contributed by atoms with Crippen molar-refractivity contribution in [3.63, 3.8) is 0 Å². The SMILES string of the molecule is CCCCCCCCCCCCNC(=O)CCCCCO. The molecule has 0 bridgehead atoms. The van der Waals surface area contributed by atoms with Gasteiger partial charge in [-0.2, -0.15) is 0 Å². The summed E-state index contributed by atoms with van der Waals surface area (Å²) in [5.41, 5.74) is 0. The average molecular weight is 299 g/mol. The van der Waals surface area contributed by atoms with Gasteiger partial charge in [-0.05, 0) is 19.3 Å². The lowest BCUT2D eigenvalue weighted by Gasteiger charge is -2.05. The third kappa shape index (κ3) is 17.4. The predicted molar refractivity (Wildman–Crippen MR) is 90.4 cm³/mol. The Morgan fingerprint density at radius 3 is 1.86 bits per heavy atom. The van der Waals surface area contributed by atoms with Crippen LogP contribution in [0.3, 0.4) is 0 Å². The molecule has 0 unspecified atom stereocenters. The fourth-order valence-corrected chi connectivity index (χ4v) is 2.50. The number of carbonyl (C=O) groups is 1. The summed E-state index contributed by atoms with van der Waals surface area (Å²) in [5, 5.41) is 11.6. The van der Waals surface area contributed by atoms with Crippen molar-refractivity contribution in [2.45, 2.75) is 96.8 Å². The number of aliphatic hydroxyl groups is 1. The molecule has 21 heavy (non-hydrogen) atoms. The monoisotopic (exact) mass is 299 g/mol. The van der Waals surface area contributed by atoms with E-state index in [1.54, 1.807) is 0 Å². The summed E-state index contributed by atoms with van der Waals surface area (Å²) < 4.78 is 0. The van der Waals surface area contributed by atoms with Crippen LogP contribution in [0.1, 0.15) is 96.8 Å². The first-order valence-electron chi connectivity index (χ1n) is 9.18. The molecule has 0 aliphatic carbocycles. The van der Waals surface area contributed by atoms with E-state index in [9.17, 15) is 4.79 Å². The molecule has 0 radical (unpaired) electrons. The van der Waals surface area contributed by atoms with Crippen LogP contribution < -0.4 is 5.32 Å². The van der Waals surface area contributed by atoms with E-state index in [0.717, 1.165) is 32.2 Å². The number of aliphatic hydroxyl groups excluding tert-OH is 1. The Balaban J connectivity index is 3.09. The molecule has 1 amide bonds. The van der Waals surface area contributed by atoms with Gasteiger partial charge in [0.1, 0.15) is 0 Å². The highest BCUT2D eigenvalue weighted by atomic mass is 16.2. The smallest absolute Gasteiger partial charge is 0.219 e. The van der Waals surface area contributed by atoms with E-state index in [2.05, 4.69) is 12.2 Å². The lowest BCUT2D eigenvalue weighted by atomic mass is 10.1. The Morgan fingerprint density at radius 2 is 1.29 bits per heavy atom. The summed E-state index contributed by atoms with van der Waals surface area (Å²) in [5.74, 6) is 0.170. The molecular weight excluding hydrogens is 262 g/mol. The van der Waals surface area contributed by atoms with E-state index >= 15 is 0 Å². The summed E-state index contributed by atoms with van der Waals surface area (Å²) >= 11 is 0. The summed E-state index contributed by atoms with van der Waals surface area (Å²) in [6.07, 6.45) is 16.6. The highest BCUT2D eigenvalue weighted by molar-refractivity contribution is 5.75. The Labute approximate surface area is 131 Å². The van der Waals surface area contributed by atoms with Crippen molar-refractivity contribution in [1.82, 2.24) is 5.32 Å². The van der Waals surface area contributed by atoms with Crippen molar-refractivity contribution in [2.75, 3.05) is 13.2 Å². The third-order valence-electron chi connectivity index (χ3n) is 3.91. The molecular formula is C18H37NO2. The minimum Gasteiger partial charge on any atom is -0.396 e. The van der Waals surface area contributed by atoms with Crippen molar-refractivity contribution >= 4 is 5.91 Å². The summed E-state index contributed by atoms with van der Waals surface area (Å²) in [6.45, 7) is 3.32. The summed E-state index contributed by atoms with van der Waals surface area (Å²) in [4.78, 5) is 11.5. The number of hydrogen-bond donors (Lipinski definition) is 2. The molecule has 0 aliphatic heterocycles. The van der Waals surface area contributed by atoms with Gasteiger partial charge in [-0.25, -0.2) is 0 Å². The van der Waals surface area contributed by atoms with Gasteiger partial charge in [-0.1, -0.05) is 71.1 Å². The maximum Gasteiger partial charge on any atom is 0.219 e. The zero-order valence-electron chi connectivity index (χ0n) is 14.2. The molecule has 0 saturated heterocycles. The van der Waals surface area contributed by atoms with Crippen LogP contribution in [0.5, 0.6) is 0 Å². The summed E-state index contributed by atoms with van der Waals surface area (Å²) in [7, 11) is 0. The van der Waals surface area contributed by atoms with Gasteiger partial charge in [0.25, 0.3) is 0 Å². The quantitative estimate of drug-likeness (QED) is 0.410. The minimum atomic E-state index is 0.170. The Bertz CT molecular complexity index is 219. The molecule has 3 heteroatoms. The molecule has 2 N–H and O–H groups in total. The first-order valence-corrected chi connectivity index (χ1v) is 9.18. The van der Waals surface area contributed by atoms with Gasteiger partial charge in [0.2, 0.25) is 5.91 Å². The van der Waals surface area contributed by atoms with E-state index < -0.39 is 0 Å². The van der Waals surface area contributed by atoms with Crippen LogP contribution in [-0.4, -0.2) is 24.2 Å².